The third-order valence-corrected chi connectivity index (χ3v) is 8.44. The van der Waals surface area contributed by atoms with E-state index in [1.54, 1.807) is 0 Å². The molecule has 40 heavy (non-hydrogen) atoms. The van der Waals surface area contributed by atoms with E-state index in [0.717, 1.165) is 26.2 Å². The maximum absolute atomic E-state index is 14.1. The van der Waals surface area contributed by atoms with Gasteiger partial charge in [-0.15, -0.1) is 0 Å². The third-order valence-electron chi connectivity index (χ3n) is 6.07. The molecule has 0 aliphatic carbocycles. The second kappa shape index (κ2) is 14.3. The van der Waals surface area contributed by atoms with Crippen molar-refractivity contribution in [2.45, 2.75) is 32.9 Å². The number of anilines is 1. The highest BCUT2D eigenvalue weighted by atomic mass is 79.9. The fourth-order valence-corrected chi connectivity index (χ4v) is 5.64. The number of carbonyl (C=O) groups excluding carboxylic acids is 2. The predicted octanol–water partition coefficient (Wildman–Crippen LogP) is 5.93. The number of rotatable bonds is 12. The van der Waals surface area contributed by atoms with Crippen LogP contribution in [-0.2, 0) is 32.6 Å². The van der Waals surface area contributed by atoms with Gasteiger partial charge in [0.25, 0.3) is 0 Å². The van der Waals surface area contributed by atoms with Crippen LogP contribution in [0.25, 0.3) is 0 Å². The van der Waals surface area contributed by atoms with Crippen LogP contribution in [0.2, 0.25) is 10.0 Å². The van der Waals surface area contributed by atoms with E-state index < -0.39 is 28.5 Å². The van der Waals surface area contributed by atoms with Gasteiger partial charge >= 0.3 is 0 Å². The van der Waals surface area contributed by atoms with E-state index in [9.17, 15) is 18.0 Å². The van der Waals surface area contributed by atoms with Crippen LogP contribution >= 0.6 is 39.1 Å². The molecule has 0 bridgehead atoms. The van der Waals surface area contributed by atoms with E-state index in [0.29, 0.717) is 6.54 Å². The summed E-state index contributed by atoms with van der Waals surface area (Å²) in [7, 11) is -3.91. The lowest BCUT2D eigenvalue weighted by Gasteiger charge is -2.33. The first-order valence-electron chi connectivity index (χ1n) is 12.6. The van der Waals surface area contributed by atoms with Gasteiger partial charge in [-0.05, 0) is 47.4 Å². The summed E-state index contributed by atoms with van der Waals surface area (Å²) in [6, 6.07) is 20.3. The quantitative estimate of drug-likeness (QED) is 0.259. The van der Waals surface area contributed by atoms with Gasteiger partial charge in [0.15, 0.2) is 0 Å². The van der Waals surface area contributed by atoms with Crippen LogP contribution in [0.1, 0.15) is 25.0 Å². The van der Waals surface area contributed by atoms with Gasteiger partial charge in [0.1, 0.15) is 12.6 Å². The zero-order valence-electron chi connectivity index (χ0n) is 22.5. The van der Waals surface area contributed by atoms with Crippen LogP contribution in [0.4, 0.5) is 5.69 Å². The Kier molecular flexibility index (Phi) is 11.5. The average molecular weight is 669 g/mol. The Morgan fingerprint density at radius 2 is 1.60 bits per heavy atom. The van der Waals surface area contributed by atoms with Gasteiger partial charge in [-0.1, -0.05) is 95.4 Å². The van der Waals surface area contributed by atoms with Crippen molar-refractivity contribution in [2.75, 3.05) is 23.7 Å². The van der Waals surface area contributed by atoms with Gasteiger partial charge in [-0.3, -0.25) is 13.9 Å². The van der Waals surface area contributed by atoms with Crippen molar-refractivity contribution < 1.29 is 18.0 Å². The van der Waals surface area contributed by atoms with Crippen LogP contribution in [0.5, 0.6) is 0 Å². The first-order chi connectivity index (χ1) is 18.8. The molecule has 214 valence electrons. The van der Waals surface area contributed by atoms with E-state index in [1.165, 1.54) is 23.1 Å². The molecule has 0 aliphatic heterocycles. The first-order valence-corrected chi connectivity index (χ1v) is 16.0. The molecule has 11 heteroatoms. The molecule has 0 radical (unpaired) electrons. The number of sulfonamides is 1. The lowest BCUT2D eigenvalue weighted by atomic mass is 10.0. The second-order valence-electron chi connectivity index (χ2n) is 9.86. The summed E-state index contributed by atoms with van der Waals surface area (Å²) in [4.78, 5) is 29.1. The summed E-state index contributed by atoms with van der Waals surface area (Å²) < 4.78 is 27.5. The molecule has 3 rings (SSSR count). The number of benzene rings is 3. The fourth-order valence-electron chi connectivity index (χ4n) is 4.06. The van der Waals surface area contributed by atoms with Crippen molar-refractivity contribution in [3.63, 3.8) is 0 Å². The number of halogens is 3. The summed E-state index contributed by atoms with van der Waals surface area (Å²) in [5, 5.41) is 3.37. The molecule has 3 aromatic carbocycles. The minimum atomic E-state index is -3.91. The van der Waals surface area contributed by atoms with Crippen molar-refractivity contribution in [2.24, 2.45) is 5.92 Å². The van der Waals surface area contributed by atoms with E-state index in [4.69, 9.17) is 23.2 Å². The maximum Gasteiger partial charge on any atom is 0.244 e. The largest absolute Gasteiger partial charge is 0.354 e. The first kappa shape index (κ1) is 31.9. The molecule has 3 aromatic rings. The highest BCUT2D eigenvalue weighted by Crippen LogP contribution is 2.29. The van der Waals surface area contributed by atoms with Crippen molar-refractivity contribution in [3.8, 4) is 0 Å². The Hall–Kier alpha value is -2.59. The van der Waals surface area contributed by atoms with E-state index in [-0.39, 0.29) is 40.5 Å². The van der Waals surface area contributed by atoms with E-state index in [1.807, 2.05) is 68.4 Å². The summed E-state index contributed by atoms with van der Waals surface area (Å²) >= 11 is 15.7. The molecule has 1 unspecified atom stereocenters. The summed E-state index contributed by atoms with van der Waals surface area (Å²) in [6.45, 7) is 3.95. The molecule has 2 amide bonds. The van der Waals surface area contributed by atoms with Crippen molar-refractivity contribution in [3.05, 3.63) is 98.4 Å². The fraction of sp³-hybridized carbons (Fsp3) is 0.310. The monoisotopic (exact) mass is 667 g/mol. The minimum absolute atomic E-state index is 0.0872. The molecule has 0 aliphatic rings. The second-order valence-corrected chi connectivity index (χ2v) is 13.5. The zero-order valence-corrected chi connectivity index (χ0v) is 26.4. The van der Waals surface area contributed by atoms with Crippen LogP contribution in [0.3, 0.4) is 0 Å². The average Bonchev–Trinajstić information content (AvgIpc) is 2.89. The lowest BCUT2D eigenvalue weighted by molar-refractivity contribution is -0.140. The summed E-state index contributed by atoms with van der Waals surface area (Å²) in [5.41, 5.74) is 1.83. The maximum atomic E-state index is 14.1. The Morgan fingerprint density at radius 3 is 2.20 bits per heavy atom. The van der Waals surface area contributed by atoms with Crippen LogP contribution < -0.4 is 9.62 Å². The number of hydrogen-bond donors (Lipinski definition) is 1. The standard InChI is InChI=1S/C29H32BrCl2N3O4S/c1-20(2)17-33-29(37)27(15-21-8-5-4-6-9-21)34(18-22-10-7-11-23(30)14-22)28(36)19-35(40(3,38)39)24-12-13-25(31)26(32)16-24/h4-14,16,20,27H,15,17-19H2,1-3H3,(H,33,37). The summed E-state index contributed by atoms with van der Waals surface area (Å²) in [5.74, 6) is -0.663. The molecule has 0 aromatic heterocycles. The third kappa shape index (κ3) is 9.23. The van der Waals surface area contributed by atoms with E-state index >= 15 is 0 Å². The number of carbonyl (C=O) groups is 2. The van der Waals surface area contributed by atoms with Crippen molar-refractivity contribution >= 4 is 66.7 Å². The lowest BCUT2D eigenvalue weighted by Crippen LogP contribution is -2.53. The number of hydrogen-bond acceptors (Lipinski definition) is 4. The van der Waals surface area contributed by atoms with Gasteiger partial charge in [0.2, 0.25) is 21.8 Å². The Morgan fingerprint density at radius 1 is 0.925 bits per heavy atom. The molecular weight excluding hydrogens is 637 g/mol. The molecule has 0 spiro atoms. The highest BCUT2D eigenvalue weighted by molar-refractivity contribution is 9.10. The Balaban J connectivity index is 2.06. The molecule has 0 fully saturated rings. The number of nitrogens with one attached hydrogen (secondary N) is 1. The van der Waals surface area contributed by atoms with Crippen LogP contribution in [-0.4, -0.2) is 50.5 Å². The number of nitrogens with zero attached hydrogens (tertiary/aromatic N) is 2. The summed E-state index contributed by atoms with van der Waals surface area (Å²) in [6.07, 6.45) is 1.26. The molecule has 1 atom stereocenters. The smallest absolute Gasteiger partial charge is 0.244 e. The molecule has 0 heterocycles. The minimum Gasteiger partial charge on any atom is -0.354 e. The van der Waals surface area contributed by atoms with Gasteiger partial charge < -0.3 is 10.2 Å². The number of amides is 2. The molecule has 0 saturated heterocycles. The highest BCUT2D eigenvalue weighted by Gasteiger charge is 2.33. The SMILES string of the molecule is CC(C)CNC(=O)C(Cc1ccccc1)N(Cc1cccc(Br)c1)C(=O)CN(c1ccc(Cl)c(Cl)c1)S(C)(=O)=O. The normalized spacial score (nSPS) is 12.2. The Bertz CT molecular complexity index is 1440. The predicted molar refractivity (Wildman–Crippen MR) is 165 cm³/mol. The van der Waals surface area contributed by atoms with Gasteiger partial charge in [0, 0.05) is 24.0 Å². The van der Waals surface area contributed by atoms with Crippen molar-refractivity contribution in [1.29, 1.82) is 0 Å². The molecule has 1 N–H and O–H groups in total. The van der Waals surface area contributed by atoms with E-state index in [2.05, 4.69) is 21.2 Å². The topological polar surface area (TPSA) is 86.8 Å². The molecule has 7 nitrogen and oxygen atoms in total. The molecular formula is C29H32BrCl2N3O4S. The van der Waals surface area contributed by atoms with Gasteiger partial charge in [0.05, 0.1) is 22.0 Å². The molecule has 0 saturated carbocycles. The van der Waals surface area contributed by atoms with Crippen LogP contribution in [0.15, 0.2) is 77.3 Å². The zero-order chi connectivity index (χ0) is 29.4. The Labute approximate surface area is 254 Å². The van der Waals surface area contributed by atoms with Crippen molar-refractivity contribution in [1.82, 2.24) is 10.2 Å². The van der Waals surface area contributed by atoms with Gasteiger partial charge in [-0.25, -0.2) is 8.42 Å². The van der Waals surface area contributed by atoms with Gasteiger partial charge in [-0.2, -0.15) is 0 Å². The van der Waals surface area contributed by atoms with Crippen LogP contribution in [0, 0.1) is 5.92 Å².